The highest BCUT2D eigenvalue weighted by molar-refractivity contribution is 4.88. The van der Waals surface area contributed by atoms with Gasteiger partial charge in [0, 0.05) is 19.2 Å². The van der Waals surface area contributed by atoms with Crippen molar-refractivity contribution in [3.8, 4) is 0 Å². The lowest BCUT2D eigenvalue weighted by atomic mass is 9.73. The van der Waals surface area contributed by atoms with E-state index >= 15 is 0 Å². The summed E-state index contributed by atoms with van der Waals surface area (Å²) in [7, 11) is 0. The van der Waals surface area contributed by atoms with E-state index in [1.54, 1.807) is 0 Å². The second-order valence-corrected chi connectivity index (χ2v) is 6.28. The van der Waals surface area contributed by atoms with Gasteiger partial charge in [0.2, 0.25) is 0 Å². The van der Waals surface area contributed by atoms with Crippen molar-refractivity contribution < 1.29 is 9.84 Å². The molecule has 0 spiro atoms. The van der Waals surface area contributed by atoms with Crippen LogP contribution in [0, 0.1) is 5.41 Å². The molecule has 2 N–H and O–H groups in total. The lowest BCUT2D eigenvalue weighted by Gasteiger charge is -2.39. The second kappa shape index (κ2) is 8.13. The van der Waals surface area contributed by atoms with E-state index in [9.17, 15) is 5.11 Å². The number of nitrogens with one attached hydrogen (secondary N) is 1. The van der Waals surface area contributed by atoms with Gasteiger partial charge in [-0.1, -0.05) is 40.0 Å². The van der Waals surface area contributed by atoms with Gasteiger partial charge in [-0.05, 0) is 24.7 Å². The summed E-state index contributed by atoms with van der Waals surface area (Å²) in [6.45, 7) is 8.68. The monoisotopic (exact) mass is 257 g/mol. The lowest BCUT2D eigenvalue weighted by Crippen LogP contribution is -2.47. The molecule has 1 fully saturated rings. The van der Waals surface area contributed by atoms with E-state index in [0.29, 0.717) is 24.6 Å². The maximum atomic E-state index is 9.86. The van der Waals surface area contributed by atoms with Crippen LogP contribution in [0.25, 0.3) is 0 Å². The largest absolute Gasteiger partial charge is 0.389 e. The Labute approximate surface area is 112 Å². The molecule has 0 aromatic rings. The standard InChI is InChI=1S/C15H31NO2/c1-4-5-10-18-12-13(17)11-16-14-8-6-7-9-15(14,2)3/h13-14,16-17H,4-12H2,1-3H3. The third-order valence-corrected chi connectivity index (χ3v) is 4.06. The zero-order valence-corrected chi connectivity index (χ0v) is 12.4. The fourth-order valence-corrected chi connectivity index (χ4v) is 2.68. The molecule has 0 aromatic heterocycles. The summed E-state index contributed by atoms with van der Waals surface area (Å²) in [6.07, 6.45) is 7.02. The summed E-state index contributed by atoms with van der Waals surface area (Å²) >= 11 is 0. The molecule has 2 atom stereocenters. The fourth-order valence-electron chi connectivity index (χ4n) is 2.68. The minimum absolute atomic E-state index is 0.362. The summed E-state index contributed by atoms with van der Waals surface area (Å²) < 4.78 is 5.44. The number of hydrogen-bond acceptors (Lipinski definition) is 3. The molecule has 3 heteroatoms. The molecule has 108 valence electrons. The highest BCUT2D eigenvalue weighted by Gasteiger charge is 2.31. The average Bonchev–Trinajstić information content (AvgIpc) is 2.33. The Morgan fingerprint density at radius 3 is 2.83 bits per heavy atom. The summed E-state index contributed by atoms with van der Waals surface area (Å²) in [6, 6.07) is 0.538. The van der Waals surface area contributed by atoms with Crippen LogP contribution in [0.5, 0.6) is 0 Å². The Balaban J connectivity index is 2.14. The molecule has 2 unspecified atom stereocenters. The van der Waals surface area contributed by atoms with Gasteiger partial charge in [-0.2, -0.15) is 0 Å². The molecule has 0 heterocycles. The molecule has 0 saturated heterocycles. The number of aliphatic hydroxyl groups is 1. The molecule has 0 amide bonds. The SMILES string of the molecule is CCCCOCC(O)CNC1CCCCC1(C)C. The molecule has 1 saturated carbocycles. The van der Waals surface area contributed by atoms with Crippen molar-refractivity contribution >= 4 is 0 Å². The maximum absolute atomic E-state index is 9.86. The molecular formula is C15H31NO2. The Kier molecular flexibility index (Phi) is 7.20. The minimum Gasteiger partial charge on any atom is -0.389 e. The Morgan fingerprint density at radius 2 is 2.17 bits per heavy atom. The van der Waals surface area contributed by atoms with E-state index in [1.807, 2.05) is 0 Å². The van der Waals surface area contributed by atoms with Crippen molar-refractivity contribution in [3.05, 3.63) is 0 Å². The zero-order chi connectivity index (χ0) is 13.4. The average molecular weight is 257 g/mol. The predicted molar refractivity (Wildman–Crippen MR) is 75.8 cm³/mol. The highest BCUT2D eigenvalue weighted by atomic mass is 16.5. The first-order chi connectivity index (χ1) is 8.56. The molecule has 1 aliphatic carbocycles. The normalized spacial score (nSPS) is 25.0. The van der Waals surface area contributed by atoms with E-state index in [0.717, 1.165) is 19.4 Å². The van der Waals surface area contributed by atoms with Crippen molar-refractivity contribution in [3.63, 3.8) is 0 Å². The van der Waals surface area contributed by atoms with E-state index in [-0.39, 0.29) is 6.10 Å². The number of rotatable bonds is 8. The third-order valence-electron chi connectivity index (χ3n) is 4.06. The first kappa shape index (κ1) is 15.9. The van der Waals surface area contributed by atoms with Gasteiger partial charge in [-0.25, -0.2) is 0 Å². The van der Waals surface area contributed by atoms with Gasteiger partial charge in [-0.3, -0.25) is 0 Å². The van der Waals surface area contributed by atoms with Crippen LogP contribution in [0.2, 0.25) is 0 Å². The van der Waals surface area contributed by atoms with Crippen molar-refractivity contribution in [2.45, 2.75) is 71.4 Å². The summed E-state index contributed by atoms with van der Waals surface area (Å²) in [4.78, 5) is 0. The summed E-state index contributed by atoms with van der Waals surface area (Å²) in [5.41, 5.74) is 0.362. The Hall–Kier alpha value is -0.120. The van der Waals surface area contributed by atoms with Crippen LogP contribution >= 0.6 is 0 Å². The van der Waals surface area contributed by atoms with Gasteiger partial charge in [0.05, 0.1) is 12.7 Å². The number of unbranched alkanes of at least 4 members (excludes halogenated alkanes) is 1. The van der Waals surface area contributed by atoms with Crippen LogP contribution in [0.15, 0.2) is 0 Å². The van der Waals surface area contributed by atoms with Gasteiger partial charge < -0.3 is 15.2 Å². The number of ether oxygens (including phenoxy) is 1. The van der Waals surface area contributed by atoms with Crippen molar-refractivity contribution in [1.82, 2.24) is 5.32 Å². The van der Waals surface area contributed by atoms with Gasteiger partial charge in [-0.15, -0.1) is 0 Å². The van der Waals surface area contributed by atoms with E-state index < -0.39 is 0 Å². The maximum Gasteiger partial charge on any atom is 0.0897 e. The Bertz CT molecular complexity index is 219. The predicted octanol–water partition coefficient (Wildman–Crippen LogP) is 2.72. The zero-order valence-electron chi connectivity index (χ0n) is 12.4. The van der Waals surface area contributed by atoms with Gasteiger partial charge in [0.15, 0.2) is 0 Å². The van der Waals surface area contributed by atoms with Crippen molar-refractivity contribution in [1.29, 1.82) is 0 Å². The molecule has 18 heavy (non-hydrogen) atoms. The number of aliphatic hydroxyl groups excluding tert-OH is 1. The minimum atomic E-state index is -0.375. The van der Waals surface area contributed by atoms with E-state index in [2.05, 4.69) is 26.1 Å². The molecule has 0 aromatic carbocycles. The topological polar surface area (TPSA) is 41.5 Å². The molecule has 0 radical (unpaired) electrons. The number of hydrogen-bond donors (Lipinski definition) is 2. The van der Waals surface area contributed by atoms with Crippen LogP contribution in [-0.4, -0.2) is 37.0 Å². The first-order valence-corrected chi connectivity index (χ1v) is 7.55. The quantitative estimate of drug-likeness (QED) is 0.657. The van der Waals surface area contributed by atoms with Crippen LogP contribution < -0.4 is 5.32 Å². The van der Waals surface area contributed by atoms with Crippen LogP contribution in [0.3, 0.4) is 0 Å². The highest BCUT2D eigenvalue weighted by Crippen LogP contribution is 2.35. The van der Waals surface area contributed by atoms with Crippen molar-refractivity contribution in [2.75, 3.05) is 19.8 Å². The molecule has 0 aliphatic heterocycles. The molecule has 0 bridgehead atoms. The first-order valence-electron chi connectivity index (χ1n) is 7.55. The smallest absolute Gasteiger partial charge is 0.0897 e. The van der Waals surface area contributed by atoms with Gasteiger partial charge in [0.1, 0.15) is 0 Å². The van der Waals surface area contributed by atoms with Gasteiger partial charge >= 0.3 is 0 Å². The van der Waals surface area contributed by atoms with Crippen LogP contribution in [-0.2, 0) is 4.74 Å². The molecule has 1 aliphatic rings. The summed E-state index contributed by atoms with van der Waals surface area (Å²) in [5.74, 6) is 0. The van der Waals surface area contributed by atoms with Crippen LogP contribution in [0.4, 0.5) is 0 Å². The second-order valence-electron chi connectivity index (χ2n) is 6.28. The molecular weight excluding hydrogens is 226 g/mol. The van der Waals surface area contributed by atoms with E-state index in [1.165, 1.54) is 25.7 Å². The molecule has 1 rings (SSSR count). The fraction of sp³-hybridized carbons (Fsp3) is 1.00. The summed E-state index contributed by atoms with van der Waals surface area (Å²) in [5, 5.41) is 13.4. The molecule has 3 nitrogen and oxygen atoms in total. The van der Waals surface area contributed by atoms with E-state index in [4.69, 9.17) is 4.74 Å². The van der Waals surface area contributed by atoms with Gasteiger partial charge in [0.25, 0.3) is 0 Å². The lowest BCUT2D eigenvalue weighted by molar-refractivity contribution is 0.0298. The Morgan fingerprint density at radius 1 is 1.39 bits per heavy atom. The third kappa shape index (κ3) is 5.68. The van der Waals surface area contributed by atoms with Crippen LogP contribution in [0.1, 0.15) is 59.3 Å². The van der Waals surface area contributed by atoms with Crippen molar-refractivity contribution in [2.24, 2.45) is 5.41 Å².